The van der Waals surface area contributed by atoms with Crippen LogP contribution in [0.2, 0.25) is 0 Å². The van der Waals surface area contributed by atoms with Gasteiger partial charge in [-0.1, -0.05) is 25.1 Å². The highest BCUT2D eigenvalue weighted by Crippen LogP contribution is 2.13. The fourth-order valence-electron chi connectivity index (χ4n) is 2.49. The Kier molecular flexibility index (Phi) is 10.3. The standard InChI is InChI=1S/C19H26N4OS.HI/c1-14(10-17-8-5-9-25-17)12-22-19(21-3)23-13-15-6-4-7-16(11-15)18(24)20-2;/h4-9,11,14H,10,12-13H2,1-3H3,(H,20,24)(H2,21,22,23);1H. The lowest BCUT2D eigenvalue weighted by molar-refractivity contribution is 0.0963. The molecular weight excluding hydrogens is 459 g/mol. The molecule has 26 heavy (non-hydrogen) atoms. The van der Waals surface area contributed by atoms with E-state index in [1.54, 1.807) is 25.4 Å². The van der Waals surface area contributed by atoms with Crippen molar-refractivity contribution in [1.82, 2.24) is 16.0 Å². The van der Waals surface area contributed by atoms with E-state index in [1.807, 2.05) is 24.3 Å². The second kappa shape index (κ2) is 11.9. The molecule has 0 spiro atoms. The van der Waals surface area contributed by atoms with E-state index >= 15 is 0 Å². The van der Waals surface area contributed by atoms with Crippen LogP contribution in [0.15, 0.2) is 46.8 Å². The summed E-state index contributed by atoms with van der Waals surface area (Å²) in [7, 11) is 3.40. The smallest absolute Gasteiger partial charge is 0.251 e. The maximum Gasteiger partial charge on any atom is 0.251 e. The number of carbonyl (C=O) groups excluding carboxylic acids is 1. The summed E-state index contributed by atoms with van der Waals surface area (Å²) in [5, 5.41) is 11.4. The van der Waals surface area contributed by atoms with Gasteiger partial charge in [-0.05, 0) is 41.5 Å². The first-order valence-electron chi connectivity index (χ1n) is 8.40. The minimum Gasteiger partial charge on any atom is -0.356 e. The average Bonchev–Trinajstić information content (AvgIpc) is 3.14. The first-order chi connectivity index (χ1) is 12.1. The SMILES string of the molecule is CN=C(NCc1cccc(C(=O)NC)c1)NCC(C)Cc1cccs1.I. The van der Waals surface area contributed by atoms with E-state index < -0.39 is 0 Å². The molecule has 0 saturated carbocycles. The van der Waals surface area contributed by atoms with Crippen molar-refractivity contribution in [3.63, 3.8) is 0 Å². The lowest BCUT2D eigenvalue weighted by Gasteiger charge is -2.16. The predicted molar refractivity (Wildman–Crippen MR) is 121 cm³/mol. The van der Waals surface area contributed by atoms with E-state index in [1.165, 1.54) is 4.88 Å². The number of nitrogens with zero attached hydrogens (tertiary/aromatic N) is 1. The Bertz CT molecular complexity index is 703. The molecule has 1 aromatic carbocycles. The second-order valence-corrected chi connectivity index (χ2v) is 7.01. The van der Waals surface area contributed by atoms with Crippen molar-refractivity contribution in [3.05, 3.63) is 57.8 Å². The summed E-state index contributed by atoms with van der Waals surface area (Å²) in [6.45, 7) is 3.70. The second-order valence-electron chi connectivity index (χ2n) is 5.97. The predicted octanol–water partition coefficient (Wildman–Crippen LogP) is 3.27. The van der Waals surface area contributed by atoms with Crippen molar-refractivity contribution in [2.75, 3.05) is 20.6 Å². The maximum atomic E-state index is 11.7. The van der Waals surface area contributed by atoms with Crippen LogP contribution in [0.1, 0.15) is 27.7 Å². The van der Waals surface area contributed by atoms with Gasteiger partial charge in [-0.25, -0.2) is 0 Å². The molecule has 0 aliphatic rings. The molecule has 142 valence electrons. The molecule has 2 rings (SSSR count). The van der Waals surface area contributed by atoms with Gasteiger partial charge in [0.15, 0.2) is 5.96 Å². The molecule has 0 bridgehead atoms. The van der Waals surface area contributed by atoms with Gasteiger partial charge in [0, 0.05) is 37.6 Å². The number of rotatable bonds is 7. The number of carbonyl (C=O) groups is 1. The zero-order valence-electron chi connectivity index (χ0n) is 15.4. The Morgan fingerprint density at radius 2 is 2.04 bits per heavy atom. The molecule has 1 unspecified atom stereocenters. The van der Waals surface area contributed by atoms with Crippen LogP contribution >= 0.6 is 35.3 Å². The minimum atomic E-state index is -0.0771. The van der Waals surface area contributed by atoms with Gasteiger partial charge in [-0.3, -0.25) is 9.79 Å². The lowest BCUT2D eigenvalue weighted by Crippen LogP contribution is -2.39. The van der Waals surface area contributed by atoms with Gasteiger partial charge < -0.3 is 16.0 Å². The molecule has 1 aromatic heterocycles. The van der Waals surface area contributed by atoms with Crippen molar-refractivity contribution in [2.45, 2.75) is 19.9 Å². The molecular formula is C19H27IN4OS. The van der Waals surface area contributed by atoms with Gasteiger partial charge in [-0.15, -0.1) is 35.3 Å². The Labute approximate surface area is 176 Å². The number of benzene rings is 1. The number of hydrogen-bond donors (Lipinski definition) is 3. The van der Waals surface area contributed by atoms with E-state index in [9.17, 15) is 4.79 Å². The summed E-state index contributed by atoms with van der Waals surface area (Å²) in [5.41, 5.74) is 1.70. The summed E-state index contributed by atoms with van der Waals surface area (Å²) in [5.74, 6) is 1.21. The summed E-state index contributed by atoms with van der Waals surface area (Å²) in [6, 6.07) is 11.8. The molecule has 5 nitrogen and oxygen atoms in total. The van der Waals surface area contributed by atoms with Crippen molar-refractivity contribution in [2.24, 2.45) is 10.9 Å². The van der Waals surface area contributed by atoms with Crippen molar-refractivity contribution >= 4 is 47.2 Å². The van der Waals surface area contributed by atoms with Crippen molar-refractivity contribution < 1.29 is 4.79 Å². The van der Waals surface area contributed by atoms with E-state index in [-0.39, 0.29) is 29.9 Å². The van der Waals surface area contributed by atoms with E-state index in [0.29, 0.717) is 18.0 Å². The molecule has 0 aliphatic heterocycles. The number of guanidine groups is 1. The van der Waals surface area contributed by atoms with Crippen molar-refractivity contribution in [3.8, 4) is 0 Å². The Balaban J connectivity index is 0.00000338. The van der Waals surface area contributed by atoms with Gasteiger partial charge in [0.1, 0.15) is 0 Å². The highest BCUT2D eigenvalue weighted by molar-refractivity contribution is 14.0. The van der Waals surface area contributed by atoms with E-state index in [2.05, 4.69) is 45.4 Å². The van der Waals surface area contributed by atoms with Crippen LogP contribution in [0.5, 0.6) is 0 Å². The van der Waals surface area contributed by atoms with Gasteiger partial charge >= 0.3 is 0 Å². The van der Waals surface area contributed by atoms with E-state index in [0.717, 1.165) is 24.5 Å². The molecule has 1 amide bonds. The summed E-state index contributed by atoms with van der Waals surface area (Å²) in [6.07, 6.45) is 1.07. The van der Waals surface area contributed by atoms with Crippen LogP contribution in [-0.4, -0.2) is 32.5 Å². The summed E-state index contributed by atoms with van der Waals surface area (Å²) in [4.78, 5) is 17.4. The van der Waals surface area contributed by atoms with Crippen LogP contribution in [0, 0.1) is 5.92 Å². The van der Waals surface area contributed by atoms with E-state index in [4.69, 9.17) is 0 Å². The molecule has 3 N–H and O–H groups in total. The fourth-order valence-corrected chi connectivity index (χ4v) is 3.36. The number of hydrogen-bond acceptors (Lipinski definition) is 3. The average molecular weight is 486 g/mol. The Hall–Kier alpha value is -1.61. The number of thiophene rings is 1. The summed E-state index contributed by atoms with van der Waals surface area (Å²) >= 11 is 1.80. The monoisotopic (exact) mass is 486 g/mol. The first-order valence-corrected chi connectivity index (χ1v) is 9.28. The fraction of sp³-hybridized carbons (Fsp3) is 0.368. The number of aliphatic imine (C=N–C) groups is 1. The minimum absolute atomic E-state index is 0. The largest absolute Gasteiger partial charge is 0.356 e. The zero-order chi connectivity index (χ0) is 18.1. The topological polar surface area (TPSA) is 65.5 Å². The molecule has 1 atom stereocenters. The van der Waals surface area contributed by atoms with Crippen LogP contribution in [0.3, 0.4) is 0 Å². The molecule has 0 saturated heterocycles. The molecule has 7 heteroatoms. The quantitative estimate of drug-likeness (QED) is 0.320. The van der Waals surface area contributed by atoms with Gasteiger partial charge in [0.2, 0.25) is 0 Å². The highest BCUT2D eigenvalue weighted by Gasteiger charge is 2.07. The van der Waals surface area contributed by atoms with Crippen LogP contribution in [0.25, 0.3) is 0 Å². The third-order valence-electron chi connectivity index (χ3n) is 3.85. The zero-order valence-corrected chi connectivity index (χ0v) is 18.6. The number of amides is 1. The normalized spacial score (nSPS) is 12.0. The van der Waals surface area contributed by atoms with Crippen LogP contribution < -0.4 is 16.0 Å². The highest BCUT2D eigenvalue weighted by atomic mass is 127. The number of halogens is 1. The van der Waals surface area contributed by atoms with Crippen molar-refractivity contribution in [1.29, 1.82) is 0 Å². The van der Waals surface area contributed by atoms with Gasteiger partial charge in [-0.2, -0.15) is 0 Å². The van der Waals surface area contributed by atoms with Gasteiger partial charge in [0.05, 0.1) is 0 Å². The molecule has 0 radical (unpaired) electrons. The molecule has 0 fully saturated rings. The molecule has 1 heterocycles. The third-order valence-corrected chi connectivity index (χ3v) is 4.75. The molecule has 0 aliphatic carbocycles. The number of nitrogens with one attached hydrogen (secondary N) is 3. The Morgan fingerprint density at radius 3 is 2.69 bits per heavy atom. The summed E-state index contributed by atoms with van der Waals surface area (Å²) < 4.78 is 0. The Morgan fingerprint density at radius 1 is 1.23 bits per heavy atom. The maximum absolute atomic E-state index is 11.7. The lowest BCUT2D eigenvalue weighted by atomic mass is 10.1. The first kappa shape index (κ1) is 22.4. The van der Waals surface area contributed by atoms with Gasteiger partial charge in [0.25, 0.3) is 5.91 Å². The third kappa shape index (κ3) is 7.33. The van der Waals surface area contributed by atoms with Crippen LogP contribution in [-0.2, 0) is 13.0 Å². The van der Waals surface area contributed by atoms with Crippen LogP contribution in [0.4, 0.5) is 0 Å². The molecule has 2 aromatic rings.